The molecule has 6 nitrogen and oxygen atoms in total. The minimum absolute atomic E-state index is 0.268. The van der Waals surface area contributed by atoms with Crippen LogP contribution in [0.5, 0.6) is 5.75 Å². The molecule has 1 aliphatic heterocycles. The molecule has 9 heteroatoms. The van der Waals surface area contributed by atoms with Gasteiger partial charge in [-0.05, 0) is 63.1 Å². The summed E-state index contributed by atoms with van der Waals surface area (Å²) in [5, 5.41) is 0.449. The lowest BCUT2D eigenvalue weighted by Crippen LogP contribution is -2.40. The molecule has 1 aliphatic rings. The van der Waals surface area contributed by atoms with Crippen LogP contribution in [0.15, 0.2) is 68.0 Å². The van der Waals surface area contributed by atoms with Crippen LogP contribution in [-0.2, 0) is 9.53 Å². The van der Waals surface area contributed by atoms with Gasteiger partial charge in [-0.3, -0.25) is 9.36 Å². The van der Waals surface area contributed by atoms with E-state index < -0.39 is 12.0 Å². The highest BCUT2D eigenvalue weighted by molar-refractivity contribution is 9.10. The second kappa shape index (κ2) is 11.8. The lowest BCUT2D eigenvalue weighted by atomic mass is 9.96. The summed E-state index contributed by atoms with van der Waals surface area (Å²) < 4.78 is 14.4. The summed E-state index contributed by atoms with van der Waals surface area (Å²) in [7, 11) is 0. The van der Waals surface area contributed by atoms with Crippen LogP contribution in [0.1, 0.15) is 57.7 Å². The molecule has 0 fully saturated rings. The number of aromatic nitrogens is 1. The van der Waals surface area contributed by atoms with Gasteiger partial charge >= 0.3 is 5.97 Å². The molecule has 2 aromatic carbocycles. The minimum Gasteiger partial charge on any atom is -0.493 e. The molecule has 194 valence electrons. The number of carbonyl (C=O) groups is 1. The van der Waals surface area contributed by atoms with Gasteiger partial charge in [0.2, 0.25) is 0 Å². The van der Waals surface area contributed by atoms with Crippen LogP contribution in [0.4, 0.5) is 0 Å². The van der Waals surface area contributed by atoms with Gasteiger partial charge in [-0.25, -0.2) is 9.79 Å². The maximum atomic E-state index is 13.9. The third-order valence-corrected chi connectivity index (χ3v) is 7.62. The van der Waals surface area contributed by atoms with Gasteiger partial charge in [0.25, 0.3) is 5.56 Å². The molecule has 4 rings (SSSR count). The summed E-state index contributed by atoms with van der Waals surface area (Å²) in [6, 6.07) is 12.2. The van der Waals surface area contributed by atoms with Crippen molar-refractivity contribution >= 4 is 50.9 Å². The van der Waals surface area contributed by atoms with Gasteiger partial charge < -0.3 is 9.47 Å². The van der Waals surface area contributed by atoms with E-state index in [1.165, 1.54) is 15.9 Å². The second-order valence-corrected chi connectivity index (χ2v) is 11.3. The topological polar surface area (TPSA) is 69.9 Å². The van der Waals surface area contributed by atoms with Crippen LogP contribution in [0, 0.1) is 0 Å². The monoisotopic (exact) mass is 602 g/mol. The highest BCUT2D eigenvalue weighted by Crippen LogP contribution is 2.34. The summed E-state index contributed by atoms with van der Waals surface area (Å²) in [5.41, 5.74) is 1.93. The van der Waals surface area contributed by atoms with E-state index in [9.17, 15) is 9.59 Å². The SMILES string of the molecule is CCCCOc1ccc(Br)cc1C=c1sc2n(c1=O)C(c1ccccc1Cl)C(C(=O)OC(C)C)=C(C)N=2. The second-order valence-electron chi connectivity index (χ2n) is 8.94. The zero-order chi connectivity index (χ0) is 26.7. The van der Waals surface area contributed by atoms with Gasteiger partial charge in [0.05, 0.1) is 28.5 Å². The van der Waals surface area contributed by atoms with E-state index in [2.05, 4.69) is 27.8 Å². The van der Waals surface area contributed by atoms with Crippen LogP contribution in [0.25, 0.3) is 6.08 Å². The molecule has 0 saturated heterocycles. The normalized spacial score (nSPS) is 15.5. The highest BCUT2D eigenvalue weighted by Gasteiger charge is 2.34. The lowest BCUT2D eigenvalue weighted by molar-refractivity contribution is -0.143. The lowest BCUT2D eigenvalue weighted by Gasteiger charge is -2.26. The van der Waals surface area contributed by atoms with Crippen LogP contribution in [0.2, 0.25) is 5.02 Å². The Hall–Kier alpha value is -2.68. The predicted molar refractivity (Wildman–Crippen MR) is 151 cm³/mol. The highest BCUT2D eigenvalue weighted by atomic mass is 79.9. The number of unbranched alkanes of at least 4 members (excludes halogenated alkanes) is 1. The van der Waals surface area contributed by atoms with Crippen molar-refractivity contribution in [3.05, 3.63) is 94.0 Å². The number of esters is 1. The third kappa shape index (κ3) is 5.92. The number of rotatable bonds is 8. The quantitative estimate of drug-likeness (QED) is 0.242. The molecule has 0 saturated carbocycles. The third-order valence-electron chi connectivity index (χ3n) is 5.80. The van der Waals surface area contributed by atoms with Crippen molar-refractivity contribution in [3.63, 3.8) is 0 Å². The summed E-state index contributed by atoms with van der Waals surface area (Å²) in [6.07, 6.45) is 3.44. The summed E-state index contributed by atoms with van der Waals surface area (Å²) in [6.45, 7) is 8.02. The first kappa shape index (κ1) is 27.4. The number of fused-ring (bicyclic) bond motifs is 1. The molecule has 0 amide bonds. The van der Waals surface area contributed by atoms with Crippen LogP contribution < -0.4 is 19.6 Å². The van der Waals surface area contributed by atoms with Crippen molar-refractivity contribution in [3.8, 4) is 5.75 Å². The molecular weight excluding hydrogens is 576 g/mol. The number of benzene rings is 2. The van der Waals surface area contributed by atoms with Gasteiger partial charge in [0.15, 0.2) is 4.80 Å². The summed E-state index contributed by atoms with van der Waals surface area (Å²) in [4.78, 5) is 32.2. The standard InChI is InChI=1S/C28H28BrClN2O4S/c1-5-6-13-35-22-12-11-19(29)14-18(22)15-23-26(33)32-25(20-9-7-8-10-21(20)30)24(27(34)36-16(2)3)17(4)31-28(32)37-23/h7-12,14-16,25H,5-6,13H2,1-4H3. The maximum Gasteiger partial charge on any atom is 0.338 e. The smallest absolute Gasteiger partial charge is 0.338 e. The van der Waals surface area contributed by atoms with Crippen molar-refractivity contribution in [2.24, 2.45) is 4.99 Å². The fourth-order valence-corrected chi connectivity index (χ4v) is 5.74. The van der Waals surface area contributed by atoms with E-state index in [1.54, 1.807) is 26.8 Å². The molecule has 1 atom stereocenters. The van der Waals surface area contributed by atoms with E-state index in [4.69, 9.17) is 21.1 Å². The molecule has 37 heavy (non-hydrogen) atoms. The van der Waals surface area contributed by atoms with Gasteiger partial charge in [0.1, 0.15) is 11.8 Å². The molecule has 0 aliphatic carbocycles. The Morgan fingerprint density at radius 1 is 1.27 bits per heavy atom. The van der Waals surface area contributed by atoms with E-state index >= 15 is 0 Å². The van der Waals surface area contributed by atoms with Gasteiger partial charge in [-0.1, -0.05) is 70.4 Å². The molecular formula is C28H28BrClN2O4S. The van der Waals surface area contributed by atoms with Gasteiger partial charge in [-0.2, -0.15) is 0 Å². The number of carbonyl (C=O) groups excluding carboxylic acids is 1. The molecule has 0 bridgehead atoms. The number of halogens is 2. The number of hydrogen-bond acceptors (Lipinski definition) is 6. The number of allylic oxidation sites excluding steroid dienone is 1. The largest absolute Gasteiger partial charge is 0.493 e. The summed E-state index contributed by atoms with van der Waals surface area (Å²) in [5.74, 6) is 0.177. The molecule has 3 aromatic rings. The molecule has 0 spiro atoms. The molecule has 2 heterocycles. The number of nitrogens with zero attached hydrogens (tertiary/aromatic N) is 2. The average Bonchev–Trinajstić information content (AvgIpc) is 3.14. The van der Waals surface area contributed by atoms with Crippen LogP contribution in [-0.4, -0.2) is 23.2 Å². The van der Waals surface area contributed by atoms with Crippen molar-refractivity contribution in [2.75, 3.05) is 6.61 Å². The van der Waals surface area contributed by atoms with Gasteiger partial charge in [-0.15, -0.1) is 0 Å². The van der Waals surface area contributed by atoms with E-state index in [0.29, 0.717) is 43.5 Å². The Bertz CT molecular complexity index is 1540. The predicted octanol–water partition coefficient (Wildman–Crippen LogP) is 5.78. The fraction of sp³-hybridized carbons (Fsp3) is 0.321. The van der Waals surface area contributed by atoms with Crippen molar-refractivity contribution in [1.82, 2.24) is 4.57 Å². The number of hydrogen-bond donors (Lipinski definition) is 0. The summed E-state index contributed by atoms with van der Waals surface area (Å²) >= 11 is 11.4. The van der Waals surface area contributed by atoms with Crippen molar-refractivity contribution in [1.29, 1.82) is 0 Å². The average molecular weight is 604 g/mol. The zero-order valence-electron chi connectivity index (χ0n) is 21.1. The Morgan fingerprint density at radius 3 is 2.73 bits per heavy atom. The first-order chi connectivity index (χ1) is 17.7. The maximum absolute atomic E-state index is 13.9. The van der Waals surface area contributed by atoms with E-state index in [1.807, 2.05) is 42.5 Å². The van der Waals surface area contributed by atoms with Gasteiger partial charge in [0, 0.05) is 15.1 Å². The first-order valence-electron chi connectivity index (χ1n) is 12.1. The van der Waals surface area contributed by atoms with Crippen molar-refractivity contribution in [2.45, 2.75) is 52.7 Å². The van der Waals surface area contributed by atoms with Crippen molar-refractivity contribution < 1.29 is 14.3 Å². The van der Waals surface area contributed by atoms with E-state index in [-0.39, 0.29) is 11.7 Å². The molecule has 1 aromatic heterocycles. The fourth-order valence-electron chi connectivity index (χ4n) is 4.08. The van der Waals surface area contributed by atoms with Crippen LogP contribution in [0.3, 0.4) is 0 Å². The molecule has 0 N–H and O–H groups in total. The Balaban J connectivity index is 1.92. The number of thiazole rings is 1. The zero-order valence-corrected chi connectivity index (χ0v) is 24.2. The Labute approximate surface area is 233 Å². The van der Waals surface area contributed by atoms with Crippen LogP contribution >= 0.6 is 38.9 Å². The van der Waals surface area contributed by atoms with E-state index in [0.717, 1.165) is 22.9 Å². The number of ether oxygens (including phenoxy) is 2. The Morgan fingerprint density at radius 2 is 2.03 bits per heavy atom. The molecule has 1 unspecified atom stereocenters. The Kier molecular flexibility index (Phi) is 8.72. The minimum atomic E-state index is -0.763. The first-order valence-corrected chi connectivity index (χ1v) is 14.1. The molecule has 0 radical (unpaired) electrons.